The van der Waals surface area contributed by atoms with Crippen molar-refractivity contribution < 1.29 is 4.79 Å². The van der Waals surface area contributed by atoms with Gasteiger partial charge < -0.3 is 4.90 Å². The number of likely N-dealkylation sites (tertiary alicyclic amines) is 2. The summed E-state index contributed by atoms with van der Waals surface area (Å²) in [6.45, 7) is 9.56. The molecule has 0 aromatic rings. The topological polar surface area (TPSA) is 23.6 Å². The van der Waals surface area contributed by atoms with Gasteiger partial charge in [-0.15, -0.1) is 0 Å². The minimum Gasteiger partial charge on any atom is -0.336 e. The molecule has 2 saturated heterocycles. The lowest BCUT2D eigenvalue weighted by molar-refractivity contribution is -0.139. The second-order valence-electron chi connectivity index (χ2n) is 6.59. The maximum atomic E-state index is 12.7. The Balaban J connectivity index is 1.99. The first-order valence-corrected chi connectivity index (χ1v) is 8.11. The molecule has 2 aliphatic heterocycles. The van der Waals surface area contributed by atoms with Crippen molar-refractivity contribution in [2.24, 2.45) is 0 Å². The summed E-state index contributed by atoms with van der Waals surface area (Å²) < 4.78 is 0. The van der Waals surface area contributed by atoms with Gasteiger partial charge >= 0.3 is 0 Å². The molecular weight excluding hydrogens is 236 g/mol. The zero-order valence-corrected chi connectivity index (χ0v) is 13.1. The van der Waals surface area contributed by atoms with Gasteiger partial charge in [0.25, 0.3) is 0 Å². The first-order valence-electron chi connectivity index (χ1n) is 8.11. The molecule has 0 radical (unpaired) electrons. The van der Waals surface area contributed by atoms with E-state index < -0.39 is 0 Å². The SMILES string of the molecule is CC[C@@H]1CC[C@H](C)N1CC(=O)N1[C@@H](C)CCC[C@@H]1C. The minimum absolute atomic E-state index is 0.354. The zero-order chi connectivity index (χ0) is 14.0. The number of piperidine rings is 1. The van der Waals surface area contributed by atoms with Crippen LogP contribution >= 0.6 is 0 Å². The van der Waals surface area contributed by atoms with Crippen LogP contribution in [0.5, 0.6) is 0 Å². The van der Waals surface area contributed by atoms with E-state index in [1.165, 1.54) is 38.5 Å². The van der Waals surface area contributed by atoms with Gasteiger partial charge in [0.15, 0.2) is 0 Å². The second kappa shape index (κ2) is 6.25. The summed E-state index contributed by atoms with van der Waals surface area (Å²) in [6.07, 6.45) is 7.28. The summed E-state index contributed by atoms with van der Waals surface area (Å²) in [7, 11) is 0. The number of amides is 1. The Morgan fingerprint density at radius 1 is 1.00 bits per heavy atom. The molecule has 4 atom stereocenters. The highest BCUT2D eigenvalue weighted by atomic mass is 16.2. The summed E-state index contributed by atoms with van der Waals surface area (Å²) in [4.78, 5) is 17.3. The van der Waals surface area contributed by atoms with Crippen LogP contribution in [-0.2, 0) is 4.79 Å². The molecular formula is C16H30N2O. The van der Waals surface area contributed by atoms with E-state index in [1.54, 1.807) is 0 Å². The molecule has 110 valence electrons. The van der Waals surface area contributed by atoms with E-state index in [4.69, 9.17) is 0 Å². The van der Waals surface area contributed by atoms with Crippen LogP contribution in [0, 0.1) is 0 Å². The number of rotatable bonds is 3. The number of carbonyl (C=O) groups excluding carboxylic acids is 1. The van der Waals surface area contributed by atoms with E-state index in [-0.39, 0.29) is 0 Å². The van der Waals surface area contributed by atoms with Crippen LogP contribution in [-0.4, -0.2) is 46.4 Å². The van der Waals surface area contributed by atoms with Crippen LogP contribution in [0.1, 0.15) is 66.2 Å². The predicted molar refractivity (Wildman–Crippen MR) is 79.1 cm³/mol. The molecule has 3 nitrogen and oxygen atoms in total. The standard InChI is InChI=1S/C16H30N2O/c1-5-15-10-9-12(2)17(15)11-16(19)18-13(3)7-6-8-14(18)4/h12-15H,5-11H2,1-4H3/t12-,13-,14-,15+/m0/s1. The summed E-state index contributed by atoms with van der Waals surface area (Å²) in [6, 6.07) is 2.04. The van der Waals surface area contributed by atoms with Crippen molar-refractivity contribution in [2.75, 3.05) is 6.54 Å². The molecule has 0 N–H and O–H groups in total. The molecule has 3 heteroatoms. The molecule has 0 saturated carbocycles. The Labute approximate surface area is 118 Å². The average Bonchev–Trinajstić information content (AvgIpc) is 2.70. The highest BCUT2D eigenvalue weighted by Crippen LogP contribution is 2.27. The smallest absolute Gasteiger partial charge is 0.237 e. The van der Waals surface area contributed by atoms with Crippen LogP contribution in [0.3, 0.4) is 0 Å². The van der Waals surface area contributed by atoms with Crippen molar-refractivity contribution in [3.05, 3.63) is 0 Å². The van der Waals surface area contributed by atoms with Crippen molar-refractivity contribution in [1.82, 2.24) is 9.80 Å². The minimum atomic E-state index is 0.354. The highest BCUT2D eigenvalue weighted by Gasteiger charge is 2.34. The van der Waals surface area contributed by atoms with E-state index in [1.807, 2.05) is 0 Å². The molecule has 2 fully saturated rings. The second-order valence-corrected chi connectivity index (χ2v) is 6.59. The first-order chi connectivity index (χ1) is 9.04. The first kappa shape index (κ1) is 14.8. The quantitative estimate of drug-likeness (QED) is 0.784. The van der Waals surface area contributed by atoms with Crippen molar-refractivity contribution in [3.8, 4) is 0 Å². The Hall–Kier alpha value is -0.570. The van der Waals surface area contributed by atoms with Gasteiger partial charge in [0, 0.05) is 24.2 Å². The molecule has 19 heavy (non-hydrogen) atoms. The molecule has 2 heterocycles. The average molecular weight is 266 g/mol. The fourth-order valence-electron chi connectivity index (χ4n) is 4.00. The molecule has 0 aromatic carbocycles. The summed E-state index contributed by atoms with van der Waals surface area (Å²) >= 11 is 0. The van der Waals surface area contributed by atoms with Gasteiger partial charge in [0.1, 0.15) is 0 Å². The van der Waals surface area contributed by atoms with Gasteiger partial charge in [0.05, 0.1) is 6.54 Å². The number of hydrogen-bond donors (Lipinski definition) is 0. The van der Waals surface area contributed by atoms with Crippen molar-refractivity contribution in [3.63, 3.8) is 0 Å². The number of carbonyl (C=O) groups is 1. The summed E-state index contributed by atoms with van der Waals surface area (Å²) in [5, 5.41) is 0. The monoisotopic (exact) mass is 266 g/mol. The number of hydrogen-bond acceptors (Lipinski definition) is 2. The lowest BCUT2D eigenvalue weighted by Gasteiger charge is -2.40. The van der Waals surface area contributed by atoms with Crippen LogP contribution in [0.2, 0.25) is 0 Å². The zero-order valence-electron chi connectivity index (χ0n) is 13.1. The molecule has 1 amide bonds. The molecule has 2 rings (SSSR count). The van der Waals surface area contributed by atoms with E-state index in [0.29, 0.717) is 36.6 Å². The normalized spacial score (nSPS) is 36.7. The van der Waals surface area contributed by atoms with Gasteiger partial charge in [0.2, 0.25) is 5.91 Å². The van der Waals surface area contributed by atoms with Crippen molar-refractivity contribution in [1.29, 1.82) is 0 Å². The Morgan fingerprint density at radius 3 is 2.21 bits per heavy atom. The van der Waals surface area contributed by atoms with Gasteiger partial charge in [-0.25, -0.2) is 0 Å². The fourth-order valence-corrected chi connectivity index (χ4v) is 4.00. The van der Waals surface area contributed by atoms with E-state index >= 15 is 0 Å². The van der Waals surface area contributed by atoms with E-state index in [2.05, 4.69) is 37.5 Å². The van der Waals surface area contributed by atoms with Crippen LogP contribution in [0.15, 0.2) is 0 Å². The molecule has 0 unspecified atom stereocenters. The molecule has 0 spiro atoms. The van der Waals surface area contributed by atoms with Gasteiger partial charge in [-0.05, 0) is 59.3 Å². The summed E-state index contributed by atoms with van der Waals surface area (Å²) in [5.74, 6) is 0.354. The van der Waals surface area contributed by atoms with E-state index in [0.717, 1.165) is 0 Å². The van der Waals surface area contributed by atoms with Crippen LogP contribution < -0.4 is 0 Å². The molecule has 2 aliphatic rings. The van der Waals surface area contributed by atoms with Gasteiger partial charge in [-0.2, -0.15) is 0 Å². The third kappa shape index (κ3) is 3.13. The van der Waals surface area contributed by atoms with E-state index in [9.17, 15) is 4.79 Å². The molecule has 0 aromatic heterocycles. The lowest BCUT2D eigenvalue weighted by Crippen LogP contribution is -2.52. The third-order valence-corrected chi connectivity index (χ3v) is 5.22. The highest BCUT2D eigenvalue weighted by molar-refractivity contribution is 5.79. The summed E-state index contributed by atoms with van der Waals surface area (Å²) in [5.41, 5.74) is 0. The Bertz CT molecular complexity index is 308. The Morgan fingerprint density at radius 2 is 1.63 bits per heavy atom. The fraction of sp³-hybridized carbons (Fsp3) is 0.938. The Kier molecular flexibility index (Phi) is 4.88. The number of nitrogens with zero attached hydrogens (tertiary/aromatic N) is 2. The molecule has 0 aliphatic carbocycles. The maximum absolute atomic E-state index is 12.7. The maximum Gasteiger partial charge on any atom is 0.237 e. The van der Waals surface area contributed by atoms with Crippen molar-refractivity contribution in [2.45, 2.75) is 90.4 Å². The third-order valence-electron chi connectivity index (χ3n) is 5.22. The van der Waals surface area contributed by atoms with Crippen molar-refractivity contribution >= 4 is 5.91 Å². The van der Waals surface area contributed by atoms with Gasteiger partial charge in [-0.3, -0.25) is 9.69 Å². The largest absolute Gasteiger partial charge is 0.336 e. The lowest BCUT2D eigenvalue weighted by atomic mass is 9.97. The molecule has 0 bridgehead atoms. The predicted octanol–water partition coefficient (Wildman–Crippen LogP) is 3.04. The van der Waals surface area contributed by atoms with Gasteiger partial charge in [-0.1, -0.05) is 6.92 Å². The van der Waals surface area contributed by atoms with Crippen LogP contribution in [0.25, 0.3) is 0 Å². The van der Waals surface area contributed by atoms with Crippen LogP contribution in [0.4, 0.5) is 0 Å².